The highest BCUT2D eigenvalue weighted by atomic mass is 79.9. The van der Waals surface area contributed by atoms with Crippen LogP contribution in [0.15, 0.2) is 45.1 Å². The van der Waals surface area contributed by atoms with Crippen molar-refractivity contribution in [2.75, 3.05) is 12.3 Å². The molecule has 0 spiro atoms. The van der Waals surface area contributed by atoms with Gasteiger partial charge in [-0.25, -0.2) is 0 Å². The number of benzene rings is 1. The molecule has 0 saturated heterocycles. The average Bonchev–Trinajstić information content (AvgIpc) is 2.82. The van der Waals surface area contributed by atoms with Crippen LogP contribution in [0.3, 0.4) is 0 Å². The topological polar surface area (TPSA) is 12.0 Å². The zero-order chi connectivity index (χ0) is 13.7. The molecular weight excluding hydrogens is 362 g/mol. The summed E-state index contributed by atoms with van der Waals surface area (Å²) in [5.74, 6) is 0.969. The summed E-state index contributed by atoms with van der Waals surface area (Å²) in [4.78, 5) is 2.49. The summed E-state index contributed by atoms with van der Waals surface area (Å²) in [7, 11) is 0. The smallest absolute Gasteiger partial charge is 0.0561 e. The average molecular weight is 377 g/mol. The van der Waals surface area contributed by atoms with E-state index >= 15 is 0 Å². The Bertz CT molecular complexity index is 530. The Morgan fingerprint density at radius 2 is 2.16 bits per heavy atom. The van der Waals surface area contributed by atoms with E-state index in [1.807, 2.05) is 29.3 Å². The fourth-order valence-corrected chi connectivity index (χ4v) is 4.77. The number of hydrogen-bond acceptors (Lipinski definition) is 3. The summed E-state index contributed by atoms with van der Waals surface area (Å²) in [6, 6.07) is 10.6. The molecule has 102 valence electrons. The maximum absolute atomic E-state index is 6.24. The van der Waals surface area contributed by atoms with E-state index in [9.17, 15) is 0 Å². The third kappa shape index (κ3) is 4.23. The fraction of sp³-hybridized carbons (Fsp3) is 0.286. The van der Waals surface area contributed by atoms with E-state index in [1.54, 1.807) is 11.3 Å². The predicted molar refractivity (Wildman–Crippen MR) is 90.6 cm³/mol. The van der Waals surface area contributed by atoms with Crippen LogP contribution in [0, 0.1) is 0 Å². The number of hydrogen-bond donors (Lipinski definition) is 1. The molecule has 1 aromatic heterocycles. The lowest BCUT2D eigenvalue weighted by Gasteiger charge is -2.17. The second-order valence-electron chi connectivity index (χ2n) is 3.98. The van der Waals surface area contributed by atoms with E-state index in [-0.39, 0.29) is 0 Å². The summed E-state index contributed by atoms with van der Waals surface area (Å²) >= 11 is 13.4. The molecule has 1 aromatic carbocycles. The monoisotopic (exact) mass is 375 g/mol. The van der Waals surface area contributed by atoms with E-state index in [4.69, 9.17) is 11.6 Å². The van der Waals surface area contributed by atoms with Gasteiger partial charge in [-0.15, -0.1) is 23.1 Å². The van der Waals surface area contributed by atoms with Gasteiger partial charge in [0.25, 0.3) is 0 Å². The Morgan fingerprint density at radius 1 is 1.37 bits per heavy atom. The van der Waals surface area contributed by atoms with Gasteiger partial charge in [0.15, 0.2) is 0 Å². The molecule has 0 aliphatic carbocycles. The van der Waals surface area contributed by atoms with Crippen LogP contribution < -0.4 is 5.32 Å². The quantitative estimate of drug-likeness (QED) is 0.658. The largest absolute Gasteiger partial charge is 0.309 e. The van der Waals surface area contributed by atoms with Crippen LogP contribution in [0.25, 0.3) is 0 Å². The van der Waals surface area contributed by atoms with Gasteiger partial charge in [0.05, 0.1) is 11.1 Å². The molecule has 1 N–H and O–H groups in total. The second kappa shape index (κ2) is 7.70. The Kier molecular flexibility index (Phi) is 6.23. The molecule has 2 rings (SSSR count). The van der Waals surface area contributed by atoms with Gasteiger partial charge < -0.3 is 5.32 Å². The highest BCUT2D eigenvalue weighted by Crippen LogP contribution is 2.34. The molecule has 1 atom stereocenters. The summed E-state index contributed by atoms with van der Waals surface area (Å²) < 4.78 is 1.15. The molecule has 0 aliphatic heterocycles. The number of thiophene rings is 1. The molecule has 0 bridgehead atoms. The third-order valence-electron chi connectivity index (χ3n) is 2.65. The van der Waals surface area contributed by atoms with Crippen LogP contribution >= 0.6 is 50.6 Å². The van der Waals surface area contributed by atoms with Crippen LogP contribution in [-0.4, -0.2) is 12.3 Å². The zero-order valence-corrected chi connectivity index (χ0v) is 14.5. The first-order chi connectivity index (χ1) is 9.22. The van der Waals surface area contributed by atoms with Crippen molar-refractivity contribution in [1.29, 1.82) is 0 Å². The van der Waals surface area contributed by atoms with Crippen LogP contribution in [0.5, 0.6) is 0 Å². The van der Waals surface area contributed by atoms with Crippen LogP contribution in [-0.2, 0) is 0 Å². The number of halogens is 2. The lowest BCUT2D eigenvalue weighted by molar-refractivity contribution is 0.615. The molecule has 1 heterocycles. The molecule has 1 unspecified atom stereocenters. The van der Waals surface area contributed by atoms with Crippen LogP contribution in [0.1, 0.15) is 17.8 Å². The van der Waals surface area contributed by atoms with E-state index < -0.39 is 0 Å². The predicted octanol–water partition coefficient (Wildman–Crippen LogP) is 5.61. The summed E-state index contributed by atoms with van der Waals surface area (Å²) in [5, 5.41) is 6.42. The summed E-state index contributed by atoms with van der Waals surface area (Å²) in [6.07, 6.45) is 0. The van der Waals surface area contributed by atoms with Crippen molar-refractivity contribution in [3.63, 3.8) is 0 Å². The van der Waals surface area contributed by atoms with Crippen molar-refractivity contribution >= 4 is 50.6 Å². The van der Waals surface area contributed by atoms with E-state index in [1.165, 1.54) is 9.77 Å². The van der Waals surface area contributed by atoms with Gasteiger partial charge in [-0.05, 0) is 46.1 Å². The van der Waals surface area contributed by atoms with Crippen molar-refractivity contribution < 1.29 is 0 Å². The van der Waals surface area contributed by atoms with Gasteiger partial charge >= 0.3 is 0 Å². The maximum atomic E-state index is 6.24. The molecular formula is C14H15BrClNS2. The molecule has 2 aromatic rings. The fourth-order valence-electron chi connectivity index (χ4n) is 1.76. The third-order valence-corrected chi connectivity index (χ3v) is 6.25. The molecule has 0 amide bonds. The summed E-state index contributed by atoms with van der Waals surface area (Å²) in [5.41, 5.74) is 0. The van der Waals surface area contributed by atoms with Gasteiger partial charge in [-0.3, -0.25) is 0 Å². The van der Waals surface area contributed by atoms with Crippen molar-refractivity contribution in [3.05, 3.63) is 50.1 Å². The summed E-state index contributed by atoms with van der Waals surface area (Å²) in [6.45, 7) is 3.06. The number of nitrogens with one attached hydrogen (secondary N) is 1. The highest BCUT2D eigenvalue weighted by molar-refractivity contribution is 9.10. The minimum absolute atomic E-state index is 0.301. The van der Waals surface area contributed by atoms with Gasteiger partial charge in [-0.1, -0.05) is 30.7 Å². The standard InChI is InChI=1S/C14H15BrClNS2/c1-2-17-12(14-11(16)7-8-18-14)9-19-13-6-4-3-5-10(13)15/h3-8,12,17H,2,9H2,1H3. The van der Waals surface area contributed by atoms with E-state index in [2.05, 4.69) is 46.4 Å². The second-order valence-corrected chi connectivity index (χ2v) is 7.26. The highest BCUT2D eigenvalue weighted by Gasteiger charge is 2.16. The molecule has 0 radical (unpaired) electrons. The molecule has 0 fully saturated rings. The Hall–Kier alpha value is -0.0000000000000000555. The van der Waals surface area contributed by atoms with Gasteiger partial charge in [0, 0.05) is 20.0 Å². The zero-order valence-electron chi connectivity index (χ0n) is 10.5. The lowest BCUT2D eigenvalue weighted by Crippen LogP contribution is -2.22. The molecule has 19 heavy (non-hydrogen) atoms. The SMILES string of the molecule is CCNC(CSc1ccccc1Br)c1sccc1Cl. The maximum Gasteiger partial charge on any atom is 0.0561 e. The Balaban J connectivity index is 2.06. The van der Waals surface area contributed by atoms with Gasteiger partial charge in [-0.2, -0.15) is 0 Å². The Labute approximate surface area is 135 Å². The van der Waals surface area contributed by atoms with Crippen LogP contribution in [0.2, 0.25) is 5.02 Å². The minimum atomic E-state index is 0.301. The van der Waals surface area contributed by atoms with E-state index in [0.29, 0.717) is 6.04 Å². The van der Waals surface area contributed by atoms with Gasteiger partial charge in [0.2, 0.25) is 0 Å². The number of thioether (sulfide) groups is 1. The van der Waals surface area contributed by atoms with E-state index in [0.717, 1.165) is 21.8 Å². The first kappa shape index (κ1) is 15.4. The van der Waals surface area contributed by atoms with Crippen molar-refractivity contribution in [2.24, 2.45) is 0 Å². The normalized spacial score (nSPS) is 12.6. The van der Waals surface area contributed by atoms with Gasteiger partial charge in [0.1, 0.15) is 0 Å². The number of rotatable bonds is 6. The molecule has 0 saturated carbocycles. The van der Waals surface area contributed by atoms with Crippen LogP contribution in [0.4, 0.5) is 0 Å². The van der Waals surface area contributed by atoms with Crippen molar-refractivity contribution in [1.82, 2.24) is 5.32 Å². The van der Waals surface area contributed by atoms with Crippen molar-refractivity contribution in [3.8, 4) is 0 Å². The molecule has 5 heteroatoms. The first-order valence-electron chi connectivity index (χ1n) is 6.06. The first-order valence-corrected chi connectivity index (χ1v) is 9.09. The van der Waals surface area contributed by atoms with Crippen molar-refractivity contribution in [2.45, 2.75) is 17.9 Å². The molecule has 0 aliphatic rings. The minimum Gasteiger partial charge on any atom is -0.309 e. The lowest BCUT2D eigenvalue weighted by atomic mass is 10.3. The molecule has 1 nitrogen and oxygen atoms in total. The Morgan fingerprint density at radius 3 is 2.79 bits per heavy atom.